The summed E-state index contributed by atoms with van der Waals surface area (Å²) in [6.45, 7) is 4.62. The SMILES string of the molecule is CCOc1cc(/C=C2\N=C(c3ccc(Cl)c([N+](=O)[O-])c3)OC2=O)cc(Br)c1OCC. The van der Waals surface area contributed by atoms with E-state index < -0.39 is 10.9 Å². The zero-order valence-electron chi connectivity index (χ0n) is 16.0. The molecule has 1 aliphatic rings. The van der Waals surface area contributed by atoms with Crippen LogP contribution >= 0.6 is 27.5 Å². The van der Waals surface area contributed by atoms with Crippen LogP contribution in [-0.4, -0.2) is 30.0 Å². The zero-order valence-corrected chi connectivity index (χ0v) is 18.3. The monoisotopic (exact) mass is 494 g/mol. The molecule has 1 aliphatic heterocycles. The van der Waals surface area contributed by atoms with Gasteiger partial charge in [-0.15, -0.1) is 0 Å². The van der Waals surface area contributed by atoms with Crippen molar-refractivity contribution in [3.63, 3.8) is 0 Å². The van der Waals surface area contributed by atoms with Gasteiger partial charge >= 0.3 is 5.97 Å². The highest BCUT2D eigenvalue weighted by Gasteiger charge is 2.26. The normalized spacial score (nSPS) is 14.5. The number of benzene rings is 2. The second-order valence-corrected chi connectivity index (χ2v) is 7.22. The molecule has 0 atom stereocenters. The number of ether oxygens (including phenoxy) is 3. The highest BCUT2D eigenvalue weighted by molar-refractivity contribution is 9.10. The first kappa shape index (κ1) is 21.8. The molecule has 0 saturated heterocycles. The van der Waals surface area contributed by atoms with Gasteiger partial charge < -0.3 is 14.2 Å². The van der Waals surface area contributed by atoms with Crippen LogP contribution in [0.2, 0.25) is 5.02 Å². The van der Waals surface area contributed by atoms with E-state index in [0.717, 1.165) is 0 Å². The Morgan fingerprint density at radius 3 is 2.63 bits per heavy atom. The predicted octanol–water partition coefficient (Wildman–Crippen LogP) is 5.15. The lowest BCUT2D eigenvalue weighted by Gasteiger charge is -2.13. The van der Waals surface area contributed by atoms with E-state index in [9.17, 15) is 14.9 Å². The lowest BCUT2D eigenvalue weighted by atomic mass is 10.1. The number of hydrogen-bond acceptors (Lipinski definition) is 7. The van der Waals surface area contributed by atoms with Gasteiger partial charge in [-0.2, -0.15) is 0 Å². The van der Waals surface area contributed by atoms with Crippen LogP contribution in [0, 0.1) is 10.1 Å². The number of nitro groups is 1. The molecule has 0 aliphatic carbocycles. The third kappa shape index (κ3) is 4.63. The summed E-state index contributed by atoms with van der Waals surface area (Å²) in [7, 11) is 0. The Kier molecular flexibility index (Phi) is 6.73. The van der Waals surface area contributed by atoms with Crippen molar-refractivity contribution in [2.24, 2.45) is 4.99 Å². The molecule has 0 fully saturated rings. The summed E-state index contributed by atoms with van der Waals surface area (Å²) >= 11 is 9.27. The van der Waals surface area contributed by atoms with E-state index in [1.54, 1.807) is 12.1 Å². The van der Waals surface area contributed by atoms with Crippen molar-refractivity contribution in [1.29, 1.82) is 0 Å². The lowest BCUT2D eigenvalue weighted by molar-refractivity contribution is -0.384. The van der Waals surface area contributed by atoms with Gasteiger partial charge in [-0.05, 0) is 65.7 Å². The smallest absolute Gasteiger partial charge is 0.363 e. The first-order chi connectivity index (χ1) is 14.3. The standard InChI is InChI=1S/C20H16BrClN2O6/c1-3-28-17-9-11(7-13(21)18(17)29-4-2)8-15-20(25)30-19(23-15)12-5-6-14(22)16(10-12)24(26)27/h5-10H,3-4H2,1-2H3/b15-8-. The van der Waals surface area contributed by atoms with Crippen LogP contribution < -0.4 is 9.47 Å². The Labute approximate surface area is 185 Å². The molecule has 10 heteroatoms. The maximum atomic E-state index is 12.3. The fourth-order valence-electron chi connectivity index (χ4n) is 2.69. The summed E-state index contributed by atoms with van der Waals surface area (Å²) < 4.78 is 17.1. The zero-order chi connectivity index (χ0) is 21.8. The summed E-state index contributed by atoms with van der Waals surface area (Å²) in [6.07, 6.45) is 1.53. The van der Waals surface area contributed by atoms with Crippen molar-refractivity contribution >= 4 is 51.2 Å². The van der Waals surface area contributed by atoms with E-state index in [2.05, 4.69) is 20.9 Å². The van der Waals surface area contributed by atoms with Crippen molar-refractivity contribution in [1.82, 2.24) is 0 Å². The van der Waals surface area contributed by atoms with Crippen molar-refractivity contribution in [3.8, 4) is 11.5 Å². The maximum absolute atomic E-state index is 12.3. The Hall–Kier alpha value is -2.91. The van der Waals surface area contributed by atoms with Crippen molar-refractivity contribution < 1.29 is 23.9 Å². The minimum absolute atomic E-state index is 0.0212. The average molecular weight is 496 g/mol. The molecule has 30 heavy (non-hydrogen) atoms. The number of halogens is 2. The van der Waals surface area contributed by atoms with Crippen LogP contribution in [0.1, 0.15) is 25.0 Å². The van der Waals surface area contributed by atoms with Crippen LogP contribution in [-0.2, 0) is 9.53 Å². The van der Waals surface area contributed by atoms with E-state index in [1.165, 1.54) is 24.3 Å². The second-order valence-electron chi connectivity index (χ2n) is 5.96. The van der Waals surface area contributed by atoms with E-state index in [1.807, 2.05) is 13.8 Å². The van der Waals surface area contributed by atoms with Gasteiger partial charge in [0.15, 0.2) is 17.2 Å². The number of hydrogen-bond donors (Lipinski definition) is 0. The number of cyclic esters (lactones) is 1. The summed E-state index contributed by atoms with van der Waals surface area (Å²) in [6, 6.07) is 7.53. The van der Waals surface area contributed by atoms with Crippen molar-refractivity contribution in [2.45, 2.75) is 13.8 Å². The Bertz CT molecular complexity index is 1080. The van der Waals surface area contributed by atoms with Gasteiger partial charge in [-0.3, -0.25) is 10.1 Å². The largest absolute Gasteiger partial charge is 0.490 e. The van der Waals surface area contributed by atoms with Gasteiger partial charge in [0, 0.05) is 11.6 Å². The molecule has 0 saturated carbocycles. The molecule has 0 bridgehead atoms. The van der Waals surface area contributed by atoms with E-state index in [-0.39, 0.29) is 27.9 Å². The second kappa shape index (κ2) is 9.27. The molecular weight excluding hydrogens is 480 g/mol. The number of rotatable bonds is 7. The molecule has 156 valence electrons. The van der Waals surface area contributed by atoms with Crippen LogP contribution in [0.5, 0.6) is 11.5 Å². The Morgan fingerprint density at radius 2 is 1.97 bits per heavy atom. The predicted molar refractivity (Wildman–Crippen MR) is 115 cm³/mol. The Balaban J connectivity index is 1.98. The van der Waals surface area contributed by atoms with Crippen LogP contribution in [0.25, 0.3) is 6.08 Å². The quantitative estimate of drug-likeness (QED) is 0.228. The summed E-state index contributed by atoms with van der Waals surface area (Å²) in [4.78, 5) is 26.9. The topological polar surface area (TPSA) is 100 Å². The average Bonchev–Trinajstić information content (AvgIpc) is 3.05. The molecule has 3 rings (SSSR count). The van der Waals surface area contributed by atoms with Crippen molar-refractivity contribution in [3.05, 3.63) is 66.8 Å². The molecule has 0 amide bonds. The fourth-order valence-corrected chi connectivity index (χ4v) is 3.46. The first-order valence-electron chi connectivity index (χ1n) is 8.90. The van der Waals surface area contributed by atoms with Gasteiger partial charge in [-0.1, -0.05) is 11.6 Å². The number of carbonyl (C=O) groups excluding carboxylic acids is 1. The van der Waals surface area contributed by atoms with Gasteiger partial charge in [-0.25, -0.2) is 9.79 Å². The Morgan fingerprint density at radius 1 is 1.23 bits per heavy atom. The third-order valence-electron chi connectivity index (χ3n) is 3.93. The van der Waals surface area contributed by atoms with Gasteiger partial charge in [0.25, 0.3) is 5.69 Å². The van der Waals surface area contributed by atoms with E-state index in [4.69, 9.17) is 25.8 Å². The molecule has 0 unspecified atom stereocenters. The van der Waals surface area contributed by atoms with Crippen LogP contribution in [0.3, 0.4) is 0 Å². The minimum Gasteiger partial charge on any atom is -0.490 e. The molecule has 0 aromatic heterocycles. The highest BCUT2D eigenvalue weighted by atomic mass is 79.9. The van der Waals surface area contributed by atoms with Crippen LogP contribution in [0.4, 0.5) is 5.69 Å². The first-order valence-corrected chi connectivity index (χ1v) is 10.1. The van der Waals surface area contributed by atoms with E-state index in [0.29, 0.717) is 34.7 Å². The number of nitrogens with zero attached hydrogens (tertiary/aromatic N) is 2. The number of esters is 1. The summed E-state index contributed by atoms with van der Waals surface area (Å²) in [5.74, 6) is 0.365. The lowest BCUT2D eigenvalue weighted by Crippen LogP contribution is -2.06. The van der Waals surface area contributed by atoms with Gasteiger partial charge in [0.05, 0.1) is 22.6 Å². The van der Waals surface area contributed by atoms with E-state index >= 15 is 0 Å². The van der Waals surface area contributed by atoms with Gasteiger partial charge in [0.2, 0.25) is 5.90 Å². The van der Waals surface area contributed by atoms with Crippen LogP contribution in [0.15, 0.2) is 45.5 Å². The van der Waals surface area contributed by atoms with Gasteiger partial charge in [0.1, 0.15) is 5.02 Å². The molecule has 2 aromatic rings. The minimum atomic E-state index is -0.675. The molecule has 2 aromatic carbocycles. The molecule has 8 nitrogen and oxygen atoms in total. The number of aliphatic imine (C=N–C) groups is 1. The van der Waals surface area contributed by atoms with Crippen molar-refractivity contribution in [2.75, 3.05) is 13.2 Å². The number of carbonyl (C=O) groups is 1. The molecule has 0 radical (unpaired) electrons. The maximum Gasteiger partial charge on any atom is 0.363 e. The molecule has 1 heterocycles. The molecule has 0 spiro atoms. The highest BCUT2D eigenvalue weighted by Crippen LogP contribution is 2.38. The molecular formula is C20H16BrClN2O6. The molecule has 0 N–H and O–H groups in total. The number of nitro benzene ring substituents is 1. The summed E-state index contributed by atoms with van der Waals surface area (Å²) in [5.41, 5.74) is 0.641. The third-order valence-corrected chi connectivity index (χ3v) is 4.84. The fraction of sp³-hybridized carbons (Fsp3) is 0.200. The summed E-state index contributed by atoms with van der Waals surface area (Å²) in [5, 5.41) is 11.1.